The van der Waals surface area contributed by atoms with Crippen LogP contribution in [-0.4, -0.2) is 69.3 Å². The van der Waals surface area contributed by atoms with Gasteiger partial charge in [-0.05, 0) is 30.7 Å². The van der Waals surface area contributed by atoms with Gasteiger partial charge < -0.3 is 19.9 Å². The van der Waals surface area contributed by atoms with Gasteiger partial charge in [-0.15, -0.1) is 0 Å². The molecule has 4 atom stereocenters. The van der Waals surface area contributed by atoms with E-state index in [2.05, 4.69) is 19.9 Å². The second kappa shape index (κ2) is 6.36. The number of aromatic amines is 1. The maximum absolute atomic E-state index is 12.6. The summed E-state index contributed by atoms with van der Waals surface area (Å²) in [6.07, 6.45) is -3.02. The van der Waals surface area contributed by atoms with E-state index < -0.39 is 18.2 Å². The molecule has 1 amide bonds. The highest BCUT2D eigenvalue weighted by atomic mass is 19.4. The number of H-pyrrole nitrogens is 1. The van der Waals surface area contributed by atoms with Crippen LogP contribution in [0, 0.1) is 11.8 Å². The first-order valence-electron chi connectivity index (χ1n) is 8.80. The zero-order chi connectivity index (χ0) is 19.3. The summed E-state index contributed by atoms with van der Waals surface area (Å²) >= 11 is 0. The standard InChI is InChI=1S/C17H20F3N5O2/c1-24(15-12-2-3-21-14(12)22-8-23-15)11-4-9-6-25(7-10(9)5-11)16(27)13(26)17(18,19)20/h2-3,8-11,13,26H,4-7H2,1H3,(H,21,22,23)/t9-,10+,11+,13-/m0/s1. The molecule has 2 aliphatic rings. The number of halogens is 3. The molecule has 1 saturated carbocycles. The number of alkyl halides is 3. The fourth-order valence-electron chi connectivity index (χ4n) is 4.39. The number of carbonyl (C=O) groups is 1. The van der Waals surface area contributed by atoms with Crippen molar-refractivity contribution >= 4 is 22.8 Å². The van der Waals surface area contributed by atoms with Crippen molar-refractivity contribution in [2.24, 2.45) is 11.8 Å². The van der Waals surface area contributed by atoms with Gasteiger partial charge in [-0.3, -0.25) is 4.79 Å². The number of hydrogen-bond donors (Lipinski definition) is 2. The zero-order valence-electron chi connectivity index (χ0n) is 14.6. The summed E-state index contributed by atoms with van der Waals surface area (Å²) in [5, 5.41) is 10.1. The first-order valence-corrected chi connectivity index (χ1v) is 8.80. The minimum Gasteiger partial charge on any atom is -0.376 e. The Labute approximate surface area is 153 Å². The SMILES string of the molecule is CN(c1ncnc2[nH]ccc12)[C@H]1C[C@@H]2CN(C(=O)[C@H](O)C(F)(F)F)C[C@@H]2C1. The third kappa shape index (κ3) is 3.11. The van der Waals surface area contributed by atoms with E-state index in [1.165, 1.54) is 6.33 Å². The molecular weight excluding hydrogens is 363 g/mol. The lowest BCUT2D eigenvalue weighted by atomic mass is 10.0. The number of nitrogens with zero attached hydrogens (tertiary/aromatic N) is 4. The van der Waals surface area contributed by atoms with Gasteiger partial charge in [-0.25, -0.2) is 9.97 Å². The summed E-state index contributed by atoms with van der Waals surface area (Å²) in [5.41, 5.74) is 0.753. The van der Waals surface area contributed by atoms with Crippen LogP contribution in [0.5, 0.6) is 0 Å². The normalized spacial score (nSPS) is 26.4. The van der Waals surface area contributed by atoms with Gasteiger partial charge in [0.2, 0.25) is 6.10 Å². The van der Waals surface area contributed by atoms with Crippen molar-refractivity contribution < 1.29 is 23.1 Å². The quantitative estimate of drug-likeness (QED) is 0.840. The van der Waals surface area contributed by atoms with Crippen molar-refractivity contribution in [3.63, 3.8) is 0 Å². The van der Waals surface area contributed by atoms with Gasteiger partial charge in [0.15, 0.2) is 0 Å². The Balaban J connectivity index is 1.43. The van der Waals surface area contributed by atoms with E-state index >= 15 is 0 Å². The van der Waals surface area contributed by atoms with E-state index in [0.29, 0.717) is 0 Å². The predicted molar refractivity (Wildman–Crippen MR) is 90.9 cm³/mol. The number of likely N-dealkylation sites (tertiary alicyclic amines) is 1. The molecule has 3 heterocycles. The van der Waals surface area contributed by atoms with Crippen molar-refractivity contribution in [2.75, 3.05) is 25.0 Å². The molecular formula is C17H20F3N5O2. The van der Waals surface area contributed by atoms with Crippen LogP contribution in [0.2, 0.25) is 0 Å². The maximum Gasteiger partial charge on any atom is 0.423 e. The van der Waals surface area contributed by atoms with E-state index in [1.807, 2.05) is 13.1 Å². The average molecular weight is 383 g/mol. The third-order valence-electron chi connectivity index (χ3n) is 5.80. The number of hydrogen-bond acceptors (Lipinski definition) is 5. The number of aromatic nitrogens is 3. The van der Waals surface area contributed by atoms with Gasteiger partial charge in [-0.2, -0.15) is 13.2 Å². The number of rotatable bonds is 3. The molecule has 0 unspecified atom stereocenters. The second-order valence-electron chi connectivity index (χ2n) is 7.38. The monoisotopic (exact) mass is 383 g/mol. The van der Waals surface area contributed by atoms with E-state index in [-0.39, 0.29) is 31.0 Å². The fraction of sp³-hybridized carbons (Fsp3) is 0.588. The van der Waals surface area contributed by atoms with E-state index in [4.69, 9.17) is 0 Å². The number of amides is 1. The van der Waals surface area contributed by atoms with Crippen LogP contribution in [0.3, 0.4) is 0 Å². The lowest BCUT2D eigenvalue weighted by Crippen LogP contribution is -2.46. The molecule has 146 valence electrons. The lowest BCUT2D eigenvalue weighted by molar-refractivity contribution is -0.210. The lowest BCUT2D eigenvalue weighted by Gasteiger charge is -2.28. The summed E-state index contributed by atoms with van der Waals surface area (Å²) in [7, 11) is 1.96. The van der Waals surface area contributed by atoms with E-state index in [0.717, 1.165) is 34.6 Å². The molecule has 0 radical (unpaired) electrons. The van der Waals surface area contributed by atoms with Gasteiger partial charge in [0.25, 0.3) is 5.91 Å². The number of aliphatic hydroxyl groups is 1. The van der Waals surface area contributed by atoms with Crippen LogP contribution in [-0.2, 0) is 4.79 Å². The minimum atomic E-state index is -4.92. The van der Waals surface area contributed by atoms with Crippen LogP contribution in [0.4, 0.5) is 19.0 Å². The largest absolute Gasteiger partial charge is 0.423 e. The Morgan fingerprint density at radius 3 is 2.63 bits per heavy atom. The van der Waals surface area contributed by atoms with Gasteiger partial charge in [0.1, 0.15) is 17.8 Å². The fourth-order valence-corrected chi connectivity index (χ4v) is 4.39. The van der Waals surface area contributed by atoms with E-state index in [9.17, 15) is 23.1 Å². The molecule has 1 saturated heterocycles. The molecule has 1 aliphatic heterocycles. The van der Waals surface area contributed by atoms with Crippen molar-refractivity contribution in [2.45, 2.75) is 31.2 Å². The summed E-state index contributed by atoms with van der Waals surface area (Å²) in [6, 6.07) is 2.10. The summed E-state index contributed by atoms with van der Waals surface area (Å²) in [6.45, 7) is 0.509. The number of fused-ring (bicyclic) bond motifs is 2. The maximum atomic E-state index is 12.6. The molecule has 2 aromatic rings. The number of carbonyl (C=O) groups excluding carboxylic acids is 1. The van der Waals surface area contributed by atoms with Crippen molar-refractivity contribution in [1.29, 1.82) is 0 Å². The van der Waals surface area contributed by atoms with Gasteiger partial charge in [-0.1, -0.05) is 0 Å². The highest BCUT2D eigenvalue weighted by Gasteiger charge is 2.50. The Morgan fingerprint density at radius 1 is 1.33 bits per heavy atom. The molecule has 0 spiro atoms. The molecule has 10 heteroatoms. The van der Waals surface area contributed by atoms with Crippen LogP contribution < -0.4 is 4.90 Å². The Kier molecular flexibility index (Phi) is 4.25. The molecule has 1 aliphatic carbocycles. The van der Waals surface area contributed by atoms with E-state index in [1.54, 1.807) is 6.20 Å². The molecule has 4 rings (SSSR count). The molecule has 27 heavy (non-hydrogen) atoms. The highest BCUT2D eigenvalue weighted by Crippen LogP contribution is 2.42. The first kappa shape index (κ1) is 18.0. The highest BCUT2D eigenvalue weighted by molar-refractivity contribution is 5.87. The summed E-state index contributed by atoms with van der Waals surface area (Å²) < 4.78 is 37.7. The average Bonchev–Trinajstić information content (AvgIpc) is 3.32. The Bertz CT molecular complexity index is 840. The number of aliphatic hydroxyl groups excluding tert-OH is 1. The second-order valence-corrected chi connectivity index (χ2v) is 7.38. The van der Waals surface area contributed by atoms with Gasteiger partial charge >= 0.3 is 6.18 Å². The molecule has 0 aromatic carbocycles. The Morgan fingerprint density at radius 2 is 2.00 bits per heavy atom. The summed E-state index contributed by atoms with van der Waals surface area (Å²) in [5.74, 6) is -0.172. The first-order chi connectivity index (χ1) is 12.8. The molecule has 7 nitrogen and oxygen atoms in total. The van der Waals surface area contributed by atoms with Gasteiger partial charge in [0.05, 0.1) is 5.39 Å². The van der Waals surface area contributed by atoms with Crippen LogP contribution in [0.1, 0.15) is 12.8 Å². The number of nitrogens with one attached hydrogen (secondary N) is 1. The van der Waals surface area contributed by atoms with Crippen LogP contribution in [0.15, 0.2) is 18.6 Å². The van der Waals surface area contributed by atoms with Crippen LogP contribution in [0.25, 0.3) is 11.0 Å². The molecule has 2 N–H and O–H groups in total. The van der Waals surface area contributed by atoms with Crippen molar-refractivity contribution in [3.05, 3.63) is 18.6 Å². The predicted octanol–water partition coefficient (Wildman–Crippen LogP) is 1.55. The molecule has 2 fully saturated rings. The molecule has 2 aromatic heterocycles. The van der Waals surface area contributed by atoms with Crippen molar-refractivity contribution in [1.82, 2.24) is 19.9 Å². The minimum absolute atomic E-state index is 0.130. The van der Waals surface area contributed by atoms with Crippen molar-refractivity contribution in [3.8, 4) is 0 Å². The smallest absolute Gasteiger partial charge is 0.376 e. The third-order valence-corrected chi connectivity index (χ3v) is 5.80. The zero-order valence-corrected chi connectivity index (χ0v) is 14.6. The van der Waals surface area contributed by atoms with Crippen LogP contribution >= 0.6 is 0 Å². The topological polar surface area (TPSA) is 85.4 Å². The Hall–Kier alpha value is -2.36. The van der Waals surface area contributed by atoms with Gasteiger partial charge in [0, 0.05) is 32.4 Å². The molecule has 0 bridgehead atoms. The number of anilines is 1. The summed E-state index contributed by atoms with van der Waals surface area (Å²) in [4.78, 5) is 26.8.